The molecule has 1 unspecified atom stereocenters. The van der Waals surface area contributed by atoms with E-state index in [2.05, 4.69) is 25.5 Å². The summed E-state index contributed by atoms with van der Waals surface area (Å²) in [5.74, 6) is 1.45. The zero-order chi connectivity index (χ0) is 19.5. The van der Waals surface area contributed by atoms with E-state index in [9.17, 15) is 4.79 Å². The SMILES string of the molecule is COc1cccc(N2CCC(NC(=O)Nc3cccc4c(C)nccc34)C2)n1. The Balaban J connectivity index is 1.40. The number of amides is 2. The molecule has 0 bridgehead atoms. The van der Waals surface area contributed by atoms with Crippen molar-refractivity contribution in [1.29, 1.82) is 0 Å². The fraction of sp³-hybridized carbons (Fsp3) is 0.286. The average Bonchev–Trinajstić information content (AvgIpc) is 3.17. The molecule has 3 heterocycles. The molecular formula is C21H23N5O2. The molecule has 7 nitrogen and oxygen atoms in total. The maximum absolute atomic E-state index is 12.5. The lowest BCUT2D eigenvalue weighted by molar-refractivity contribution is 0.249. The smallest absolute Gasteiger partial charge is 0.319 e. The number of aryl methyl sites for hydroxylation is 1. The molecule has 0 aliphatic carbocycles. The number of carbonyl (C=O) groups excluding carboxylic acids is 1. The first kappa shape index (κ1) is 18.0. The predicted octanol–water partition coefficient (Wildman–Crippen LogP) is 3.35. The van der Waals surface area contributed by atoms with Crippen LogP contribution in [0.3, 0.4) is 0 Å². The van der Waals surface area contributed by atoms with Gasteiger partial charge in [0.1, 0.15) is 5.82 Å². The number of nitrogens with zero attached hydrogens (tertiary/aromatic N) is 3. The molecule has 144 valence electrons. The number of urea groups is 1. The van der Waals surface area contributed by atoms with Crippen LogP contribution in [-0.4, -0.2) is 42.2 Å². The van der Waals surface area contributed by atoms with Crippen molar-refractivity contribution in [3.8, 4) is 5.88 Å². The van der Waals surface area contributed by atoms with Crippen LogP contribution in [0, 0.1) is 6.92 Å². The number of rotatable bonds is 4. The van der Waals surface area contributed by atoms with E-state index >= 15 is 0 Å². The van der Waals surface area contributed by atoms with Crippen LogP contribution in [0.5, 0.6) is 5.88 Å². The molecule has 1 fully saturated rings. The highest BCUT2D eigenvalue weighted by atomic mass is 16.5. The van der Waals surface area contributed by atoms with Crippen LogP contribution < -0.4 is 20.3 Å². The third kappa shape index (κ3) is 3.69. The number of aromatic nitrogens is 2. The second-order valence-electron chi connectivity index (χ2n) is 6.87. The number of hydrogen-bond donors (Lipinski definition) is 2. The lowest BCUT2D eigenvalue weighted by atomic mass is 10.1. The van der Waals surface area contributed by atoms with Gasteiger partial charge >= 0.3 is 6.03 Å². The quantitative estimate of drug-likeness (QED) is 0.729. The number of benzene rings is 1. The van der Waals surface area contributed by atoms with Gasteiger partial charge < -0.3 is 20.3 Å². The van der Waals surface area contributed by atoms with Gasteiger partial charge in [-0.2, -0.15) is 4.98 Å². The number of pyridine rings is 2. The first-order valence-corrected chi connectivity index (χ1v) is 9.32. The molecule has 4 rings (SSSR count). The molecular weight excluding hydrogens is 354 g/mol. The average molecular weight is 377 g/mol. The van der Waals surface area contributed by atoms with Crippen molar-refractivity contribution in [3.63, 3.8) is 0 Å². The van der Waals surface area contributed by atoms with Crippen LogP contribution in [0.2, 0.25) is 0 Å². The monoisotopic (exact) mass is 377 g/mol. The van der Waals surface area contributed by atoms with Crippen molar-refractivity contribution >= 4 is 28.3 Å². The molecule has 2 N–H and O–H groups in total. The first-order chi connectivity index (χ1) is 13.6. The third-order valence-corrected chi connectivity index (χ3v) is 5.02. The van der Waals surface area contributed by atoms with Crippen molar-refractivity contribution in [2.75, 3.05) is 30.4 Å². The molecule has 2 aromatic heterocycles. The van der Waals surface area contributed by atoms with Crippen LogP contribution in [-0.2, 0) is 0 Å². The fourth-order valence-corrected chi connectivity index (χ4v) is 3.59. The fourth-order valence-electron chi connectivity index (χ4n) is 3.59. The highest BCUT2D eigenvalue weighted by Crippen LogP contribution is 2.25. The molecule has 1 aliphatic rings. The Morgan fingerprint density at radius 2 is 2.04 bits per heavy atom. The predicted molar refractivity (Wildman–Crippen MR) is 110 cm³/mol. The van der Waals surface area contributed by atoms with Gasteiger partial charge in [0.25, 0.3) is 0 Å². The maximum Gasteiger partial charge on any atom is 0.319 e. The van der Waals surface area contributed by atoms with Gasteiger partial charge in [-0.25, -0.2) is 4.79 Å². The Hall–Kier alpha value is -3.35. The van der Waals surface area contributed by atoms with E-state index in [1.54, 1.807) is 13.3 Å². The molecule has 1 atom stereocenters. The van der Waals surface area contributed by atoms with E-state index in [0.29, 0.717) is 12.4 Å². The van der Waals surface area contributed by atoms with Crippen LogP contribution in [0.4, 0.5) is 16.3 Å². The number of methoxy groups -OCH3 is 1. The van der Waals surface area contributed by atoms with Crippen molar-refractivity contribution in [2.45, 2.75) is 19.4 Å². The summed E-state index contributed by atoms with van der Waals surface area (Å²) >= 11 is 0. The molecule has 7 heteroatoms. The summed E-state index contributed by atoms with van der Waals surface area (Å²) < 4.78 is 5.19. The summed E-state index contributed by atoms with van der Waals surface area (Å²) in [6, 6.07) is 13.3. The normalized spacial score (nSPS) is 16.2. The number of hydrogen-bond acceptors (Lipinski definition) is 5. The molecule has 2 amide bonds. The molecule has 3 aromatic rings. The molecule has 0 radical (unpaired) electrons. The third-order valence-electron chi connectivity index (χ3n) is 5.02. The van der Waals surface area contributed by atoms with Gasteiger partial charge in [0.2, 0.25) is 5.88 Å². The largest absolute Gasteiger partial charge is 0.481 e. The van der Waals surface area contributed by atoms with Crippen molar-refractivity contribution < 1.29 is 9.53 Å². The van der Waals surface area contributed by atoms with E-state index < -0.39 is 0 Å². The second-order valence-corrected chi connectivity index (χ2v) is 6.87. The number of fused-ring (bicyclic) bond motifs is 1. The molecule has 0 spiro atoms. The minimum Gasteiger partial charge on any atom is -0.481 e. The molecule has 0 saturated carbocycles. The standard InChI is InChI=1S/C21H23N5O2/c1-14-16-5-3-6-18(17(16)9-11-22-14)24-21(27)23-15-10-12-26(13-15)19-7-4-8-20(25-19)28-2/h3-9,11,15H,10,12-13H2,1-2H3,(H2,23,24,27). The van der Waals surface area contributed by atoms with E-state index in [1.165, 1.54) is 0 Å². The van der Waals surface area contributed by atoms with E-state index in [4.69, 9.17) is 4.74 Å². The number of carbonyl (C=O) groups is 1. The van der Waals surface area contributed by atoms with Crippen molar-refractivity contribution in [2.24, 2.45) is 0 Å². The second kappa shape index (κ2) is 7.72. The van der Waals surface area contributed by atoms with Crippen LogP contribution in [0.15, 0.2) is 48.7 Å². The highest BCUT2D eigenvalue weighted by molar-refractivity contribution is 6.02. The molecule has 28 heavy (non-hydrogen) atoms. The summed E-state index contributed by atoms with van der Waals surface area (Å²) in [6.07, 6.45) is 2.63. The number of ether oxygens (including phenoxy) is 1. The van der Waals surface area contributed by atoms with Gasteiger partial charge in [-0.1, -0.05) is 18.2 Å². The van der Waals surface area contributed by atoms with Gasteiger partial charge in [0.15, 0.2) is 0 Å². The maximum atomic E-state index is 12.5. The van der Waals surface area contributed by atoms with Gasteiger partial charge in [-0.05, 0) is 31.5 Å². The summed E-state index contributed by atoms with van der Waals surface area (Å²) in [5.41, 5.74) is 1.73. The molecule has 1 saturated heterocycles. The Morgan fingerprint density at radius 1 is 1.18 bits per heavy atom. The summed E-state index contributed by atoms with van der Waals surface area (Å²) in [4.78, 5) is 23.5. The van der Waals surface area contributed by atoms with E-state index in [1.807, 2.05) is 49.4 Å². The lowest BCUT2D eigenvalue weighted by Crippen LogP contribution is -2.39. The van der Waals surface area contributed by atoms with E-state index in [0.717, 1.165) is 40.9 Å². The molecule has 1 aliphatic heterocycles. The first-order valence-electron chi connectivity index (χ1n) is 9.32. The number of nitrogens with one attached hydrogen (secondary N) is 2. The van der Waals surface area contributed by atoms with Gasteiger partial charge in [0.05, 0.1) is 12.8 Å². The van der Waals surface area contributed by atoms with E-state index in [-0.39, 0.29) is 12.1 Å². The Kier molecular flexibility index (Phi) is 4.97. The summed E-state index contributed by atoms with van der Waals surface area (Å²) in [7, 11) is 1.61. The van der Waals surface area contributed by atoms with Crippen LogP contribution in [0.25, 0.3) is 10.8 Å². The van der Waals surface area contributed by atoms with Gasteiger partial charge in [-0.15, -0.1) is 0 Å². The Morgan fingerprint density at radius 3 is 2.89 bits per heavy atom. The minimum absolute atomic E-state index is 0.0615. The molecule has 1 aromatic carbocycles. The topological polar surface area (TPSA) is 79.4 Å². The van der Waals surface area contributed by atoms with Gasteiger partial charge in [0, 0.05) is 47.9 Å². The van der Waals surface area contributed by atoms with Crippen LogP contribution in [0.1, 0.15) is 12.1 Å². The number of anilines is 2. The van der Waals surface area contributed by atoms with Crippen molar-refractivity contribution in [3.05, 3.63) is 54.4 Å². The Bertz CT molecular complexity index is 1010. The zero-order valence-corrected chi connectivity index (χ0v) is 16.0. The zero-order valence-electron chi connectivity index (χ0n) is 16.0. The minimum atomic E-state index is -0.201. The van der Waals surface area contributed by atoms with Crippen molar-refractivity contribution in [1.82, 2.24) is 15.3 Å². The highest BCUT2D eigenvalue weighted by Gasteiger charge is 2.25. The Labute approximate surface area is 163 Å². The summed E-state index contributed by atoms with van der Waals surface area (Å²) in [5, 5.41) is 8.07. The van der Waals surface area contributed by atoms with Crippen LogP contribution >= 0.6 is 0 Å². The summed E-state index contributed by atoms with van der Waals surface area (Å²) in [6.45, 7) is 3.52. The lowest BCUT2D eigenvalue weighted by Gasteiger charge is -2.18. The van der Waals surface area contributed by atoms with Gasteiger partial charge in [-0.3, -0.25) is 4.98 Å².